The van der Waals surface area contributed by atoms with Crippen LogP contribution in [0.4, 0.5) is 0 Å². The third kappa shape index (κ3) is 4.82. The number of hydrogen-bond acceptors (Lipinski definition) is 6. The van der Waals surface area contributed by atoms with E-state index >= 15 is 0 Å². The van der Waals surface area contributed by atoms with Gasteiger partial charge < -0.3 is 14.8 Å². The molecule has 1 N–H and O–H groups in total. The molecule has 1 rings (SSSR count). The summed E-state index contributed by atoms with van der Waals surface area (Å²) in [6.45, 7) is 6.66. The largest absolute Gasteiger partial charge is 0.461 e. The molecule has 0 unspecified atom stereocenters. The Labute approximate surface area is 123 Å². The van der Waals surface area contributed by atoms with Crippen molar-refractivity contribution in [1.29, 1.82) is 0 Å². The number of amides is 1. The molecule has 8 nitrogen and oxygen atoms in total. The zero-order valence-corrected chi connectivity index (χ0v) is 12.9. The second-order valence-electron chi connectivity index (χ2n) is 4.70. The molecule has 1 aromatic heterocycles. The number of carbonyl (C=O) groups excluding carboxylic acids is 2. The first-order valence-electron chi connectivity index (χ1n) is 6.87. The molecule has 8 heteroatoms. The fourth-order valence-corrected chi connectivity index (χ4v) is 1.84. The highest BCUT2D eigenvalue weighted by molar-refractivity contribution is 5.88. The van der Waals surface area contributed by atoms with Crippen molar-refractivity contribution < 1.29 is 19.1 Å². The van der Waals surface area contributed by atoms with Gasteiger partial charge in [0, 0.05) is 13.7 Å². The second kappa shape index (κ2) is 8.35. The van der Waals surface area contributed by atoms with E-state index in [1.807, 2.05) is 13.8 Å². The van der Waals surface area contributed by atoms with Gasteiger partial charge in [-0.25, -0.2) is 9.48 Å². The van der Waals surface area contributed by atoms with Crippen molar-refractivity contribution in [2.45, 2.75) is 33.2 Å². The Balaban J connectivity index is 2.83. The van der Waals surface area contributed by atoms with Gasteiger partial charge in [-0.2, -0.15) is 0 Å². The lowest BCUT2D eigenvalue weighted by Crippen LogP contribution is -2.31. The molecular weight excluding hydrogens is 276 g/mol. The summed E-state index contributed by atoms with van der Waals surface area (Å²) in [5, 5.41) is 10.4. The van der Waals surface area contributed by atoms with Crippen molar-refractivity contribution in [3.63, 3.8) is 0 Å². The molecule has 0 saturated carbocycles. The molecule has 0 spiro atoms. The van der Waals surface area contributed by atoms with Gasteiger partial charge >= 0.3 is 5.97 Å². The molecule has 0 bridgehead atoms. The van der Waals surface area contributed by atoms with Gasteiger partial charge in [0.25, 0.3) is 0 Å². The number of aromatic nitrogens is 3. The van der Waals surface area contributed by atoms with Crippen LogP contribution in [0.5, 0.6) is 0 Å². The van der Waals surface area contributed by atoms with E-state index in [2.05, 4.69) is 15.6 Å². The fraction of sp³-hybridized carbons (Fsp3) is 0.692. The molecule has 0 aromatic carbocycles. The number of ether oxygens (including phenoxy) is 2. The lowest BCUT2D eigenvalue weighted by molar-refractivity contribution is -0.122. The summed E-state index contributed by atoms with van der Waals surface area (Å²) >= 11 is 0. The van der Waals surface area contributed by atoms with Gasteiger partial charge in [0.05, 0.1) is 18.9 Å². The Morgan fingerprint density at radius 2 is 2.10 bits per heavy atom. The first-order chi connectivity index (χ1) is 10.0. The van der Waals surface area contributed by atoms with Crippen LogP contribution in [0.15, 0.2) is 0 Å². The van der Waals surface area contributed by atoms with E-state index in [1.165, 1.54) is 4.68 Å². The number of rotatable bonds is 8. The fourth-order valence-electron chi connectivity index (χ4n) is 1.84. The van der Waals surface area contributed by atoms with E-state index in [1.54, 1.807) is 14.0 Å². The molecule has 1 heterocycles. The zero-order valence-electron chi connectivity index (χ0n) is 12.9. The maximum Gasteiger partial charge on any atom is 0.360 e. The summed E-state index contributed by atoms with van der Waals surface area (Å²) < 4.78 is 11.2. The highest BCUT2D eigenvalue weighted by Crippen LogP contribution is 2.18. The van der Waals surface area contributed by atoms with Crippen LogP contribution in [0, 0.1) is 0 Å². The zero-order chi connectivity index (χ0) is 15.8. The number of carbonyl (C=O) groups is 2. The van der Waals surface area contributed by atoms with Crippen molar-refractivity contribution >= 4 is 11.9 Å². The van der Waals surface area contributed by atoms with Crippen LogP contribution >= 0.6 is 0 Å². The van der Waals surface area contributed by atoms with Gasteiger partial charge in [0.15, 0.2) is 5.69 Å². The SMILES string of the molecule is CCOC(=O)c1nnn(CC(=O)NCCOC)c1C(C)C. The second-order valence-corrected chi connectivity index (χ2v) is 4.70. The molecule has 1 aromatic rings. The van der Waals surface area contributed by atoms with E-state index in [4.69, 9.17) is 9.47 Å². The Bertz CT molecular complexity index is 485. The standard InChI is InChI=1S/C13H22N4O4/c1-5-21-13(19)11-12(9(2)3)17(16-15-11)8-10(18)14-6-7-20-4/h9H,5-8H2,1-4H3,(H,14,18). The lowest BCUT2D eigenvalue weighted by Gasteiger charge is -2.10. The molecule has 0 fully saturated rings. The summed E-state index contributed by atoms with van der Waals surface area (Å²) in [7, 11) is 1.56. The number of nitrogens with one attached hydrogen (secondary N) is 1. The third-order valence-corrected chi connectivity index (χ3v) is 2.71. The van der Waals surface area contributed by atoms with E-state index in [-0.39, 0.29) is 30.7 Å². The topological polar surface area (TPSA) is 95.3 Å². The van der Waals surface area contributed by atoms with E-state index < -0.39 is 5.97 Å². The monoisotopic (exact) mass is 298 g/mol. The predicted octanol–water partition coefficient (Wildman–Crippen LogP) is 0.341. The molecule has 118 valence electrons. The van der Waals surface area contributed by atoms with Crippen LogP contribution in [0.3, 0.4) is 0 Å². The highest BCUT2D eigenvalue weighted by atomic mass is 16.5. The smallest absolute Gasteiger partial charge is 0.360 e. The normalized spacial score (nSPS) is 10.7. The third-order valence-electron chi connectivity index (χ3n) is 2.71. The molecule has 21 heavy (non-hydrogen) atoms. The van der Waals surface area contributed by atoms with E-state index in [9.17, 15) is 9.59 Å². The van der Waals surface area contributed by atoms with Crippen molar-refractivity contribution in [2.75, 3.05) is 26.9 Å². The van der Waals surface area contributed by atoms with Crippen LogP contribution in [-0.4, -0.2) is 53.7 Å². The minimum atomic E-state index is -0.521. The van der Waals surface area contributed by atoms with Gasteiger partial charge in [0.2, 0.25) is 5.91 Å². The summed E-state index contributed by atoms with van der Waals surface area (Å²) in [6.07, 6.45) is 0. The summed E-state index contributed by atoms with van der Waals surface area (Å²) in [5.74, 6) is -0.743. The summed E-state index contributed by atoms with van der Waals surface area (Å²) in [5.41, 5.74) is 0.756. The number of esters is 1. The summed E-state index contributed by atoms with van der Waals surface area (Å²) in [6, 6.07) is 0. The first-order valence-corrected chi connectivity index (χ1v) is 6.87. The quantitative estimate of drug-likeness (QED) is 0.549. The maximum atomic E-state index is 11.8. The first kappa shape index (κ1) is 17.1. The number of nitrogens with zero attached hydrogens (tertiary/aromatic N) is 3. The lowest BCUT2D eigenvalue weighted by atomic mass is 10.1. The average Bonchev–Trinajstić information content (AvgIpc) is 2.83. The minimum absolute atomic E-state index is 0.00360. The van der Waals surface area contributed by atoms with Gasteiger partial charge in [-0.15, -0.1) is 5.10 Å². The van der Waals surface area contributed by atoms with Crippen LogP contribution in [0.25, 0.3) is 0 Å². The van der Waals surface area contributed by atoms with Crippen molar-refractivity contribution in [3.8, 4) is 0 Å². The predicted molar refractivity (Wildman–Crippen MR) is 75.0 cm³/mol. The van der Waals surface area contributed by atoms with Gasteiger partial charge in [-0.1, -0.05) is 19.1 Å². The van der Waals surface area contributed by atoms with Crippen molar-refractivity contribution in [3.05, 3.63) is 11.4 Å². The molecule has 0 aliphatic rings. The molecule has 1 amide bonds. The van der Waals surface area contributed by atoms with Crippen LogP contribution in [-0.2, 0) is 20.8 Å². The van der Waals surface area contributed by atoms with E-state index in [0.717, 1.165) is 0 Å². The summed E-state index contributed by atoms with van der Waals surface area (Å²) in [4.78, 5) is 23.6. The van der Waals surface area contributed by atoms with Crippen LogP contribution < -0.4 is 5.32 Å². The van der Waals surface area contributed by atoms with Gasteiger partial charge in [-0.05, 0) is 12.8 Å². The molecule has 0 saturated heterocycles. The average molecular weight is 298 g/mol. The van der Waals surface area contributed by atoms with Crippen LogP contribution in [0.1, 0.15) is 42.9 Å². The van der Waals surface area contributed by atoms with Crippen LogP contribution in [0.2, 0.25) is 0 Å². The molecule has 0 radical (unpaired) electrons. The Morgan fingerprint density at radius 3 is 2.67 bits per heavy atom. The van der Waals surface area contributed by atoms with Gasteiger partial charge in [-0.3, -0.25) is 4.79 Å². The van der Waals surface area contributed by atoms with E-state index in [0.29, 0.717) is 18.8 Å². The highest BCUT2D eigenvalue weighted by Gasteiger charge is 2.23. The molecule has 0 atom stereocenters. The maximum absolute atomic E-state index is 11.8. The minimum Gasteiger partial charge on any atom is -0.461 e. The number of methoxy groups -OCH3 is 1. The number of hydrogen-bond donors (Lipinski definition) is 1. The Kier molecular flexibility index (Phi) is 6.80. The Hall–Kier alpha value is -1.96. The molecule has 0 aliphatic heterocycles. The molecule has 0 aliphatic carbocycles. The van der Waals surface area contributed by atoms with Crippen molar-refractivity contribution in [1.82, 2.24) is 20.3 Å². The van der Waals surface area contributed by atoms with Crippen molar-refractivity contribution in [2.24, 2.45) is 0 Å². The Morgan fingerprint density at radius 1 is 1.38 bits per heavy atom. The van der Waals surface area contributed by atoms with Gasteiger partial charge in [0.1, 0.15) is 6.54 Å². The molecular formula is C13H22N4O4.